The first-order chi connectivity index (χ1) is 30.7. The van der Waals surface area contributed by atoms with Gasteiger partial charge in [-0.15, -0.1) is 0 Å². The lowest BCUT2D eigenvalue weighted by atomic mass is 9.98. The van der Waals surface area contributed by atoms with Gasteiger partial charge in [0, 0.05) is 0 Å². The summed E-state index contributed by atoms with van der Waals surface area (Å²) in [6.07, 6.45) is 38.7. The highest BCUT2D eigenvalue weighted by Gasteiger charge is 2.44. The van der Waals surface area contributed by atoms with E-state index in [2.05, 4.69) is 67.8 Å². The highest BCUT2D eigenvalue weighted by molar-refractivity contribution is 5.80. The molecular formula is C52H95NO10. The number of carbonyl (C=O) groups excluding carboxylic acids is 1. The summed E-state index contributed by atoms with van der Waals surface area (Å²) >= 11 is 0. The molecule has 63 heavy (non-hydrogen) atoms. The summed E-state index contributed by atoms with van der Waals surface area (Å²) in [6, 6.07) is -1.20. The van der Waals surface area contributed by atoms with Crippen LogP contribution in [-0.4, -0.2) is 110 Å². The van der Waals surface area contributed by atoms with Gasteiger partial charge < -0.3 is 50.5 Å². The Morgan fingerprint density at radius 1 is 0.540 bits per heavy atom. The van der Waals surface area contributed by atoms with Crippen LogP contribution in [0.25, 0.3) is 0 Å². The molecule has 1 aliphatic heterocycles. The molecule has 0 aliphatic carbocycles. The molecule has 0 saturated carbocycles. The molecule has 11 nitrogen and oxygen atoms in total. The zero-order valence-electron chi connectivity index (χ0n) is 39.8. The fourth-order valence-electron chi connectivity index (χ4n) is 7.82. The maximum atomic E-state index is 13.1. The lowest BCUT2D eigenvalue weighted by Gasteiger charge is -2.40. The minimum Gasteiger partial charge on any atom is -0.394 e. The van der Waals surface area contributed by atoms with E-state index in [-0.39, 0.29) is 12.8 Å². The molecule has 0 spiro atoms. The smallest absolute Gasteiger partial charge is 0.249 e. The van der Waals surface area contributed by atoms with E-state index < -0.39 is 74.2 Å². The van der Waals surface area contributed by atoms with Crippen molar-refractivity contribution in [2.24, 2.45) is 0 Å². The molecule has 0 aromatic heterocycles. The fourth-order valence-corrected chi connectivity index (χ4v) is 7.82. The number of aliphatic hydroxyl groups is 7. The molecule has 0 aromatic rings. The van der Waals surface area contributed by atoms with Gasteiger partial charge in [-0.25, -0.2) is 0 Å². The zero-order chi connectivity index (χ0) is 46.2. The third kappa shape index (κ3) is 30.8. The van der Waals surface area contributed by atoms with E-state index in [1.807, 2.05) is 0 Å². The first-order valence-electron chi connectivity index (χ1n) is 25.5. The summed E-state index contributed by atoms with van der Waals surface area (Å²) in [5.74, 6) is -0.718. The van der Waals surface area contributed by atoms with Crippen molar-refractivity contribution in [2.75, 3.05) is 13.2 Å². The summed E-state index contributed by atoms with van der Waals surface area (Å²) < 4.78 is 11.1. The van der Waals surface area contributed by atoms with E-state index in [1.165, 1.54) is 96.3 Å². The van der Waals surface area contributed by atoms with Gasteiger partial charge in [-0.2, -0.15) is 0 Å². The molecule has 368 valence electrons. The van der Waals surface area contributed by atoms with Crippen LogP contribution in [0.15, 0.2) is 48.6 Å². The number of carbonyl (C=O) groups is 1. The van der Waals surface area contributed by atoms with Crippen LogP contribution in [0.1, 0.15) is 206 Å². The van der Waals surface area contributed by atoms with Crippen LogP contribution < -0.4 is 5.32 Å². The molecule has 9 unspecified atom stereocenters. The number of aliphatic hydroxyl groups excluding tert-OH is 7. The van der Waals surface area contributed by atoms with Crippen molar-refractivity contribution in [1.29, 1.82) is 0 Å². The van der Waals surface area contributed by atoms with E-state index >= 15 is 0 Å². The van der Waals surface area contributed by atoms with Gasteiger partial charge >= 0.3 is 0 Å². The van der Waals surface area contributed by atoms with Crippen LogP contribution in [0.2, 0.25) is 0 Å². The highest BCUT2D eigenvalue weighted by atomic mass is 16.7. The second kappa shape index (κ2) is 41.5. The number of hydrogen-bond donors (Lipinski definition) is 8. The second-order valence-electron chi connectivity index (χ2n) is 17.9. The largest absolute Gasteiger partial charge is 0.394 e. The Morgan fingerprint density at radius 3 is 1.43 bits per heavy atom. The molecule has 8 N–H and O–H groups in total. The molecule has 1 rings (SSSR count). The fraction of sp³-hybridized carbons (Fsp3) is 0.827. The average molecular weight is 894 g/mol. The van der Waals surface area contributed by atoms with Gasteiger partial charge in [-0.3, -0.25) is 4.79 Å². The Morgan fingerprint density at radius 2 is 0.952 bits per heavy atom. The summed E-state index contributed by atoms with van der Waals surface area (Å²) in [5.41, 5.74) is 0. The third-order valence-corrected chi connectivity index (χ3v) is 12.1. The first kappa shape index (κ1) is 59.1. The van der Waals surface area contributed by atoms with Crippen molar-refractivity contribution < 1.29 is 50.0 Å². The lowest BCUT2D eigenvalue weighted by molar-refractivity contribution is -0.303. The number of unbranched alkanes of at least 4 members (excludes halogenated alkanes) is 22. The maximum Gasteiger partial charge on any atom is 0.249 e. The Labute approximate surface area is 383 Å². The quantitative estimate of drug-likeness (QED) is 0.0217. The predicted octanol–water partition coefficient (Wildman–Crippen LogP) is 9.34. The molecule has 1 fully saturated rings. The standard InChI is InChI=1S/C52H95NO10/c1-3-5-7-9-11-13-15-17-19-21-22-24-26-28-30-32-34-36-38-40-45(56)51(61)53-43(42-62-52-50(60)49(59)48(58)46(41-54)63-52)47(57)44(55)39-37-35-33-31-29-27-25-23-20-18-16-14-12-10-8-6-4-2/h14,16,22-25,31,33,43-50,52,54-60H,3-13,15,17-21,26-30,32,34-42H2,1-2H3,(H,53,61)/b16-14+,24-22-,25-23+,33-31+. The molecule has 9 atom stereocenters. The second-order valence-corrected chi connectivity index (χ2v) is 17.9. The van der Waals surface area contributed by atoms with Crippen molar-refractivity contribution in [3.63, 3.8) is 0 Å². The average Bonchev–Trinajstić information content (AvgIpc) is 3.28. The van der Waals surface area contributed by atoms with Gasteiger partial charge in [0.2, 0.25) is 5.91 Å². The minimum atomic E-state index is -1.67. The van der Waals surface area contributed by atoms with Gasteiger partial charge in [0.1, 0.15) is 36.6 Å². The van der Waals surface area contributed by atoms with Crippen molar-refractivity contribution in [1.82, 2.24) is 5.32 Å². The number of rotatable bonds is 42. The Bertz CT molecular complexity index is 1160. The number of amides is 1. The normalized spacial score (nSPS) is 21.6. The zero-order valence-corrected chi connectivity index (χ0v) is 39.8. The van der Waals surface area contributed by atoms with Crippen molar-refractivity contribution in [3.8, 4) is 0 Å². The van der Waals surface area contributed by atoms with Crippen LogP contribution in [0, 0.1) is 0 Å². The summed E-state index contributed by atoms with van der Waals surface area (Å²) in [6.45, 7) is 3.40. The predicted molar refractivity (Wildman–Crippen MR) is 256 cm³/mol. The summed E-state index contributed by atoms with van der Waals surface area (Å²) in [4.78, 5) is 13.1. The van der Waals surface area contributed by atoms with Crippen LogP contribution in [0.4, 0.5) is 0 Å². The molecule has 0 aromatic carbocycles. The van der Waals surface area contributed by atoms with Crippen molar-refractivity contribution in [2.45, 2.75) is 262 Å². The van der Waals surface area contributed by atoms with Gasteiger partial charge in [0.05, 0.1) is 25.4 Å². The number of hydrogen-bond acceptors (Lipinski definition) is 10. The number of allylic oxidation sites excluding steroid dienone is 8. The van der Waals surface area contributed by atoms with Gasteiger partial charge in [0.15, 0.2) is 6.29 Å². The van der Waals surface area contributed by atoms with Crippen molar-refractivity contribution in [3.05, 3.63) is 48.6 Å². The lowest BCUT2D eigenvalue weighted by Crippen LogP contribution is -2.60. The number of ether oxygens (including phenoxy) is 2. The Balaban J connectivity index is 2.44. The SMILES string of the molecule is CCCCCC/C=C/CC/C=C/CC/C=C/CCCC(O)C(O)C(COC1OC(CO)C(O)C(O)C1O)NC(=O)C(O)CCCCCCCC/C=C\CCCCCCCCCCC. The van der Waals surface area contributed by atoms with E-state index in [0.717, 1.165) is 64.2 Å². The molecular weight excluding hydrogens is 799 g/mol. The van der Waals surface area contributed by atoms with Crippen LogP contribution in [-0.2, 0) is 14.3 Å². The van der Waals surface area contributed by atoms with E-state index in [1.54, 1.807) is 0 Å². The summed E-state index contributed by atoms with van der Waals surface area (Å²) in [7, 11) is 0. The molecule has 1 heterocycles. The molecule has 0 radical (unpaired) electrons. The first-order valence-corrected chi connectivity index (χ1v) is 25.5. The molecule has 1 saturated heterocycles. The van der Waals surface area contributed by atoms with Gasteiger partial charge in [-0.1, -0.05) is 165 Å². The van der Waals surface area contributed by atoms with Crippen LogP contribution in [0.5, 0.6) is 0 Å². The van der Waals surface area contributed by atoms with Gasteiger partial charge in [-0.05, 0) is 89.9 Å². The molecule has 11 heteroatoms. The summed E-state index contributed by atoms with van der Waals surface area (Å²) in [5, 5.41) is 75.8. The molecule has 0 bridgehead atoms. The minimum absolute atomic E-state index is 0.238. The molecule has 1 amide bonds. The Kier molecular flexibility index (Phi) is 38.9. The highest BCUT2D eigenvalue weighted by Crippen LogP contribution is 2.23. The third-order valence-electron chi connectivity index (χ3n) is 12.1. The van der Waals surface area contributed by atoms with Crippen molar-refractivity contribution >= 4 is 5.91 Å². The topological polar surface area (TPSA) is 189 Å². The van der Waals surface area contributed by atoms with Gasteiger partial charge in [0.25, 0.3) is 0 Å². The number of nitrogens with one attached hydrogen (secondary N) is 1. The van der Waals surface area contributed by atoms with E-state index in [9.17, 15) is 40.5 Å². The monoisotopic (exact) mass is 894 g/mol. The van der Waals surface area contributed by atoms with Crippen LogP contribution in [0.3, 0.4) is 0 Å². The van der Waals surface area contributed by atoms with Crippen LogP contribution >= 0.6 is 0 Å². The Hall–Kier alpha value is -1.93. The molecule has 1 aliphatic rings. The van der Waals surface area contributed by atoms with E-state index in [4.69, 9.17) is 9.47 Å². The maximum absolute atomic E-state index is 13.1. The van der Waals surface area contributed by atoms with E-state index in [0.29, 0.717) is 19.3 Å².